The van der Waals surface area contributed by atoms with Gasteiger partial charge >= 0.3 is 6.18 Å². The number of alkyl halides is 3. The van der Waals surface area contributed by atoms with E-state index in [9.17, 15) is 22.4 Å². The molecule has 136 valence electrons. The molecule has 3 aromatic rings. The maximum atomic E-state index is 13.3. The molecule has 0 saturated heterocycles. The lowest BCUT2D eigenvalue weighted by Crippen LogP contribution is -2.19. The quantitative estimate of drug-likeness (QED) is 0.602. The van der Waals surface area contributed by atoms with E-state index in [1.165, 1.54) is 30.3 Å². The van der Waals surface area contributed by atoms with Crippen molar-refractivity contribution in [2.45, 2.75) is 6.18 Å². The first-order valence-electron chi connectivity index (χ1n) is 7.07. The van der Waals surface area contributed by atoms with Gasteiger partial charge in [-0.15, -0.1) is 11.3 Å². The van der Waals surface area contributed by atoms with Crippen LogP contribution in [0.4, 0.5) is 23.2 Å². The Balaban J connectivity index is 1.73. The third-order valence-corrected chi connectivity index (χ3v) is 4.83. The van der Waals surface area contributed by atoms with Gasteiger partial charge in [0.25, 0.3) is 5.91 Å². The van der Waals surface area contributed by atoms with Gasteiger partial charge in [0.05, 0.1) is 16.9 Å². The van der Waals surface area contributed by atoms with Crippen LogP contribution in [0.3, 0.4) is 0 Å². The summed E-state index contributed by atoms with van der Waals surface area (Å²) in [7, 11) is 0. The van der Waals surface area contributed by atoms with E-state index in [1.54, 1.807) is 0 Å². The Labute approximate surface area is 153 Å². The molecule has 1 N–H and O–H groups in total. The summed E-state index contributed by atoms with van der Waals surface area (Å²) < 4.78 is 54.5. The number of nitrogens with zero attached hydrogens (tertiary/aromatic N) is 1. The Bertz CT molecular complexity index is 957. The molecule has 0 aliphatic rings. The van der Waals surface area contributed by atoms with Gasteiger partial charge in [-0.2, -0.15) is 13.2 Å². The number of thiophene rings is 1. The van der Waals surface area contributed by atoms with Crippen LogP contribution >= 0.6 is 22.9 Å². The standard InChI is InChI=1S/C16H9ClF4N2O2S/c17-13-10-3-1-8(18)5-11(10)26-14(13)15(24)23-9-2-4-12(22-6-9)25-7-16(19,20)21/h1-6H,7H2,(H,23,24). The van der Waals surface area contributed by atoms with E-state index in [0.29, 0.717) is 10.1 Å². The van der Waals surface area contributed by atoms with E-state index in [0.717, 1.165) is 17.5 Å². The predicted octanol–water partition coefficient (Wildman–Crippen LogP) is 5.28. The van der Waals surface area contributed by atoms with Gasteiger partial charge in [0.15, 0.2) is 6.61 Å². The molecule has 0 fully saturated rings. The molecule has 10 heteroatoms. The van der Waals surface area contributed by atoms with Gasteiger partial charge in [-0.25, -0.2) is 9.37 Å². The topological polar surface area (TPSA) is 51.2 Å². The molecule has 0 aliphatic heterocycles. The lowest BCUT2D eigenvalue weighted by atomic mass is 10.2. The second kappa shape index (κ2) is 7.08. The molecule has 2 heterocycles. The molecule has 0 aliphatic carbocycles. The van der Waals surface area contributed by atoms with Crippen molar-refractivity contribution in [2.24, 2.45) is 0 Å². The van der Waals surface area contributed by atoms with Crippen molar-refractivity contribution in [3.8, 4) is 5.88 Å². The van der Waals surface area contributed by atoms with Crippen LogP contribution in [0.15, 0.2) is 36.5 Å². The van der Waals surface area contributed by atoms with Gasteiger partial charge in [0.1, 0.15) is 10.7 Å². The van der Waals surface area contributed by atoms with E-state index < -0.39 is 24.5 Å². The number of carbonyl (C=O) groups is 1. The number of pyridine rings is 1. The third-order valence-electron chi connectivity index (χ3n) is 3.18. The number of hydrogen-bond donors (Lipinski definition) is 1. The lowest BCUT2D eigenvalue weighted by molar-refractivity contribution is -0.154. The molecule has 4 nitrogen and oxygen atoms in total. The maximum Gasteiger partial charge on any atom is 0.422 e. The summed E-state index contributed by atoms with van der Waals surface area (Å²) in [5.74, 6) is -1.21. The van der Waals surface area contributed by atoms with Crippen LogP contribution < -0.4 is 10.1 Å². The van der Waals surface area contributed by atoms with E-state index in [4.69, 9.17) is 11.6 Å². The van der Waals surface area contributed by atoms with Crippen LogP contribution in [0.2, 0.25) is 5.02 Å². The van der Waals surface area contributed by atoms with Crippen molar-refractivity contribution in [1.82, 2.24) is 4.98 Å². The summed E-state index contributed by atoms with van der Waals surface area (Å²) in [5, 5.41) is 3.28. The number of benzene rings is 1. The third kappa shape index (κ3) is 4.23. The number of hydrogen-bond acceptors (Lipinski definition) is 4. The Kier molecular flexibility index (Phi) is 5.01. The molecular weight excluding hydrogens is 396 g/mol. The first-order valence-corrected chi connectivity index (χ1v) is 8.27. The molecule has 1 amide bonds. The Morgan fingerprint density at radius 2 is 2.04 bits per heavy atom. The predicted molar refractivity (Wildman–Crippen MR) is 90.5 cm³/mol. The monoisotopic (exact) mass is 404 g/mol. The van der Waals surface area contributed by atoms with Crippen LogP contribution in [-0.4, -0.2) is 23.7 Å². The van der Waals surface area contributed by atoms with E-state index in [1.807, 2.05) is 0 Å². The highest BCUT2D eigenvalue weighted by atomic mass is 35.5. The minimum atomic E-state index is -4.47. The molecule has 3 rings (SSSR count). The highest BCUT2D eigenvalue weighted by Crippen LogP contribution is 2.36. The largest absolute Gasteiger partial charge is 0.468 e. The van der Waals surface area contributed by atoms with Crippen LogP contribution in [-0.2, 0) is 0 Å². The van der Waals surface area contributed by atoms with Gasteiger partial charge in [0.2, 0.25) is 5.88 Å². The zero-order valence-electron chi connectivity index (χ0n) is 12.7. The zero-order chi connectivity index (χ0) is 18.9. The summed E-state index contributed by atoms with van der Waals surface area (Å²) in [4.78, 5) is 16.2. The number of rotatable bonds is 4. The van der Waals surface area contributed by atoms with Crippen LogP contribution in [0.25, 0.3) is 10.1 Å². The fourth-order valence-electron chi connectivity index (χ4n) is 2.07. The Morgan fingerprint density at radius 3 is 2.69 bits per heavy atom. The van der Waals surface area contributed by atoms with Crippen molar-refractivity contribution < 1.29 is 27.1 Å². The lowest BCUT2D eigenvalue weighted by Gasteiger charge is -2.09. The smallest absolute Gasteiger partial charge is 0.422 e. The van der Waals surface area contributed by atoms with Gasteiger partial charge in [0, 0.05) is 16.2 Å². The molecule has 0 unspecified atom stereocenters. The zero-order valence-corrected chi connectivity index (χ0v) is 14.3. The van der Waals surface area contributed by atoms with Crippen molar-refractivity contribution in [2.75, 3.05) is 11.9 Å². The average molecular weight is 405 g/mol. The normalized spacial score (nSPS) is 11.6. The van der Waals surface area contributed by atoms with E-state index >= 15 is 0 Å². The molecule has 0 saturated carbocycles. The maximum absolute atomic E-state index is 13.3. The van der Waals surface area contributed by atoms with Gasteiger partial charge in [-0.3, -0.25) is 4.79 Å². The van der Waals surface area contributed by atoms with Gasteiger partial charge in [-0.05, 0) is 24.3 Å². The summed E-state index contributed by atoms with van der Waals surface area (Å²) in [6.07, 6.45) is -3.31. The summed E-state index contributed by atoms with van der Waals surface area (Å²) in [6.45, 7) is -1.46. The van der Waals surface area contributed by atoms with Crippen molar-refractivity contribution in [1.29, 1.82) is 0 Å². The number of amides is 1. The summed E-state index contributed by atoms with van der Waals surface area (Å²) >= 11 is 7.19. The van der Waals surface area contributed by atoms with Crippen LogP contribution in [0.1, 0.15) is 9.67 Å². The van der Waals surface area contributed by atoms with Gasteiger partial charge in [-0.1, -0.05) is 11.6 Å². The summed E-state index contributed by atoms with van der Waals surface area (Å²) in [6, 6.07) is 6.54. The van der Waals surface area contributed by atoms with Crippen molar-refractivity contribution in [3.63, 3.8) is 0 Å². The fourth-order valence-corrected chi connectivity index (χ4v) is 3.51. The average Bonchev–Trinajstić information content (AvgIpc) is 2.89. The molecule has 0 atom stereocenters. The molecule has 0 radical (unpaired) electrons. The molecule has 1 aromatic carbocycles. The highest BCUT2D eigenvalue weighted by Gasteiger charge is 2.28. The van der Waals surface area contributed by atoms with E-state index in [-0.39, 0.29) is 21.5 Å². The Morgan fingerprint density at radius 1 is 1.27 bits per heavy atom. The minimum Gasteiger partial charge on any atom is -0.468 e. The molecule has 2 aromatic heterocycles. The minimum absolute atomic E-state index is 0.185. The van der Waals surface area contributed by atoms with Crippen molar-refractivity contribution in [3.05, 3.63) is 52.2 Å². The van der Waals surface area contributed by atoms with Crippen LogP contribution in [0, 0.1) is 5.82 Å². The Hall–Kier alpha value is -2.39. The van der Waals surface area contributed by atoms with Crippen molar-refractivity contribution >= 4 is 44.6 Å². The van der Waals surface area contributed by atoms with Gasteiger partial charge < -0.3 is 10.1 Å². The molecule has 0 bridgehead atoms. The number of fused-ring (bicyclic) bond motifs is 1. The number of nitrogens with one attached hydrogen (secondary N) is 1. The van der Waals surface area contributed by atoms with Crippen LogP contribution in [0.5, 0.6) is 5.88 Å². The fraction of sp³-hybridized carbons (Fsp3) is 0.125. The number of ether oxygens (including phenoxy) is 1. The summed E-state index contributed by atoms with van der Waals surface area (Å²) in [5.41, 5.74) is 0.245. The number of aromatic nitrogens is 1. The number of carbonyl (C=O) groups excluding carboxylic acids is 1. The first-order chi connectivity index (χ1) is 12.2. The molecule has 26 heavy (non-hydrogen) atoms. The van der Waals surface area contributed by atoms with E-state index in [2.05, 4.69) is 15.0 Å². The number of halogens is 5. The highest BCUT2D eigenvalue weighted by molar-refractivity contribution is 7.21. The SMILES string of the molecule is O=C(Nc1ccc(OCC(F)(F)F)nc1)c1sc2cc(F)ccc2c1Cl. The molecular formula is C16H9ClF4N2O2S. The molecule has 0 spiro atoms. The number of anilines is 1. The second-order valence-corrected chi connectivity index (χ2v) is 6.56. The second-order valence-electron chi connectivity index (χ2n) is 5.13. The first kappa shape index (κ1) is 18.4.